The van der Waals surface area contributed by atoms with E-state index in [1.165, 1.54) is 0 Å². The molecule has 2 aliphatic rings. The zero-order chi connectivity index (χ0) is 11.2. The summed E-state index contributed by atoms with van der Waals surface area (Å²) in [7, 11) is 0. The quantitative estimate of drug-likeness (QED) is 0.610. The Balaban J connectivity index is 2.36. The van der Waals surface area contributed by atoms with Gasteiger partial charge in [0, 0.05) is 0 Å². The number of rotatable bonds is 0. The molecule has 2 atom stereocenters. The van der Waals surface area contributed by atoms with Crippen LogP contribution in [0.3, 0.4) is 0 Å². The summed E-state index contributed by atoms with van der Waals surface area (Å²) in [5, 5.41) is 0. The van der Waals surface area contributed by atoms with E-state index in [0.717, 1.165) is 0 Å². The van der Waals surface area contributed by atoms with Gasteiger partial charge < -0.3 is 9.47 Å². The molecule has 1 aliphatic carbocycles. The van der Waals surface area contributed by atoms with Crippen LogP contribution in [0.1, 0.15) is 27.7 Å². The summed E-state index contributed by atoms with van der Waals surface area (Å²) in [6, 6.07) is 0. The summed E-state index contributed by atoms with van der Waals surface area (Å²) in [5.41, 5.74) is 1.38. The second-order valence-corrected chi connectivity index (χ2v) is 4.35. The van der Waals surface area contributed by atoms with Crippen LogP contribution in [0.25, 0.3) is 0 Å². The molecule has 0 saturated carbocycles. The van der Waals surface area contributed by atoms with Gasteiger partial charge in [0.15, 0.2) is 5.78 Å². The van der Waals surface area contributed by atoms with Gasteiger partial charge in [0.2, 0.25) is 5.79 Å². The number of carbonyl (C=O) groups is 1. The van der Waals surface area contributed by atoms with Crippen LogP contribution in [0.2, 0.25) is 0 Å². The van der Waals surface area contributed by atoms with E-state index in [0.29, 0.717) is 11.1 Å². The van der Waals surface area contributed by atoms with Gasteiger partial charge in [0.05, 0.1) is 12.2 Å². The summed E-state index contributed by atoms with van der Waals surface area (Å²) in [6.07, 6.45) is 3.63. The van der Waals surface area contributed by atoms with Crippen molar-refractivity contribution in [3.05, 3.63) is 23.3 Å². The van der Waals surface area contributed by atoms with E-state index in [1.807, 2.05) is 13.8 Å². The van der Waals surface area contributed by atoms with Gasteiger partial charge >= 0.3 is 0 Å². The average molecular weight is 208 g/mol. The number of carbonyl (C=O) groups excluding carboxylic acids is 1. The molecular weight excluding hydrogens is 192 g/mol. The zero-order valence-corrected chi connectivity index (χ0v) is 9.53. The first-order chi connectivity index (χ1) is 6.93. The van der Waals surface area contributed by atoms with Gasteiger partial charge in [-0.25, -0.2) is 0 Å². The molecule has 3 heteroatoms. The fraction of sp³-hybridized carbons (Fsp3) is 0.583. The van der Waals surface area contributed by atoms with Crippen molar-refractivity contribution < 1.29 is 14.3 Å². The fourth-order valence-corrected chi connectivity index (χ4v) is 2.02. The lowest BCUT2D eigenvalue weighted by atomic mass is 9.95. The second kappa shape index (κ2) is 3.29. The Morgan fingerprint density at radius 3 is 1.87 bits per heavy atom. The number of ether oxygens (including phenoxy) is 2. The highest BCUT2D eigenvalue weighted by atomic mass is 16.7. The Bertz CT molecular complexity index is 331. The molecule has 0 aromatic rings. The molecule has 1 spiro atoms. The molecule has 15 heavy (non-hydrogen) atoms. The largest absolute Gasteiger partial charge is 0.337 e. The maximum Gasteiger partial charge on any atom is 0.210 e. The van der Waals surface area contributed by atoms with Crippen molar-refractivity contribution in [1.82, 2.24) is 0 Å². The van der Waals surface area contributed by atoms with Gasteiger partial charge in [-0.3, -0.25) is 4.79 Å². The van der Waals surface area contributed by atoms with Crippen LogP contribution < -0.4 is 0 Å². The highest BCUT2D eigenvalue weighted by molar-refractivity contribution is 6.08. The van der Waals surface area contributed by atoms with Crippen LogP contribution >= 0.6 is 0 Å². The predicted octanol–water partition coefficient (Wildman–Crippen LogP) is 1.98. The Kier molecular flexibility index (Phi) is 2.32. The number of Topliss-reactive ketones (excluding diaryl/α,β-unsaturated/α-hetero) is 1. The lowest BCUT2D eigenvalue weighted by Crippen LogP contribution is -2.31. The lowest BCUT2D eigenvalue weighted by Gasteiger charge is -2.25. The Morgan fingerprint density at radius 1 is 1.07 bits per heavy atom. The first kappa shape index (κ1) is 10.6. The van der Waals surface area contributed by atoms with E-state index in [-0.39, 0.29) is 18.0 Å². The molecule has 1 fully saturated rings. The first-order valence-corrected chi connectivity index (χ1v) is 5.23. The highest BCUT2D eigenvalue weighted by Crippen LogP contribution is 2.35. The fourth-order valence-electron chi connectivity index (χ4n) is 2.02. The van der Waals surface area contributed by atoms with Crippen molar-refractivity contribution in [2.24, 2.45) is 0 Å². The van der Waals surface area contributed by atoms with Crippen molar-refractivity contribution >= 4 is 5.78 Å². The molecule has 0 N–H and O–H groups in total. The Hall–Kier alpha value is -0.930. The molecule has 0 amide bonds. The van der Waals surface area contributed by atoms with Crippen LogP contribution in [0, 0.1) is 0 Å². The third-order valence-electron chi connectivity index (χ3n) is 2.95. The Labute approximate surface area is 89.8 Å². The molecule has 82 valence electrons. The first-order valence-electron chi connectivity index (χ1n) is 5.23. The van der Waals surface area contributed by atoms with E-state index >= 15 is 0 Å². The molecular formula is C12H16O3. The molecule has 0 bridgehead atoms. The second-order valence-electron chi connectivity index (χ2n) is 4.35. The SMILES string of the molecule is CC1=CC2(C=C(C)C1=O)OC(C)C(C)O2. The molecule has 1 heterocycles. The third-order valence-corrected chi connectivity index (χ3v) is 2.95. The normalized spacial score (nSPS) is 34.3. The summed E-state index contributed by atoms with van der Waals surface area (Å²) >= 11 is 0. The van der Waals surface area contributed by atoms with E-state index in [1.54, 1.807) is 26.0 Å². The van der Waals surface area contributed by atoms with Crippen LogP contribution in [-0.2, 0) is 14.3 Å². The summed E-state index contributed by atoms with van der Waals surface area (Å²) < 4.78 is 11.5. The molecule has 3 nitrogen and oxygen atoms in total. The monoisotopic (exact) mass is 208 g/mol. The van der Waals surface area contributed by atoms with Gasteiger partial charge in [0.1, 0.15) is 0 Å². The molecule has 0 radical (unpaired) electrons. The van der Waals surface area contributed by atoms with Crippen LogP contribution in [0.4, 0.5) is 0 Å². The maximum absolute atomic E-state index is 11.6. The van der Waals surface area contributed by atoms with Crippen LogP contribution in [0.15, 0.2) is 23.3 Å². The van der Waals surface area contributed by atoms with E-state index in [4.69, 9.17) is 9.47 Å². The topological polar surface area (TPSA) is 35.5 Å². The lowest BCUT2D eigenvalue weighted by molar-refractivity contribution is -0.117. The molecule has 2 rings (SSSR count). The summed E-state index contributed by atoms with van der Waals surface area (Å²) in [6.45, 7) is 7.53. The molecule has 1 aliphatic heterocycles. The van der Waals surface area contributed by atoms with Gasteiger partial charge in [0.25, 0.3) is 0 Å². The zero-order valence-electron chi connectivity index (χ0n) is 9.53. The minimum atomic E-state index is -0.805. The van der Waals surface area contributed by atoms with Crippen LogP contribution in [-0.4, -0.2) is 23.8 Å². The van der Waals surface area contributed by atoms with E-state index < -0.39 is 5.79 Å². The molecule has 0 aromatic heterocycles. The number of hydrogen-bond donors (Lipinski definition) is 0. The van der Waals surface area contributed by atoms with E-state index in [9.17, 15) is 4.79 Å². The maximum atomic E-state index is 11.6. The summed E-state index contributed by atoms with van der Waals surface area (Å²) in [5.74, 6) is -0.735. The number of allylic oxidation sites excluding steroid dienone is 2. The summed E-state index contributed by atoms with van der Waals surface area (Å²) in [4.78, 5) is 11.6. The van der Waals surface area contributed by atoms with Gasteiger partial charge in [-0.2, -0.15) is 0 Å². The van der Waals surface area contributed by atoms with E-state index in [2.05, 4.69) is 0 Å². The van der Waals surface area contributed by atoms with Crippen molar-refractivity contribution in [3.63, 3.8) is 0 Å². The molecule has 1 saturated heterocycles. The van der Waals surface area contributed by atoms with Crippen LogP contribution in [0.5, 0.6) is 0 Å². The third kappa shape index (κ3) is 1.66. The smallest absolute Gasteiger partial charge is 0.210 e. The van der Waals surface area contributed by atoms with Crippen molar-refractivity contribution in [2.45, 2.75) is 45.7 Å². The van der Waals surface area contributed by atoms with Gasteiger partial charge in [-0.15, -0.1) is 0 Å². The standard InChI is InChI=1S/C12H16O3/c1-7-5-12(6-8(2)11(7)13)14-9(3)10(4)15-12/h5-6,9-10H,1-4H3. The predicted molar refractivity (Wildman–Crippen MR) is 56.3 cm³/mol. The van der Waals surface area contributed by atoms with Gasteiger partial charge in [-0.05, 0) is 51.0 Å². The van der Waals surface area contributed by atoms with Crippen molar-refractivity contribution in [2.75, 3.05) is 0 Å². The molecule has 0 aromatic carbocycles. The Morgan fingerprint density at radius 2 is 1.47 bits per heavy atom. The molecule has 2 unspecified atom stereocenters. The number of hydrogen-bond acceptors (Lipinski definition) is 3. The highest BCUT2D eigenvalue weighted by Gasteiger charge is 2.43. The minimum Gasteiger partial charge on any atom is -0.337 e. The van der Waals surface area contributed by atoms with Crippen molar-refractivity contribution in [3.8, 4) is 0 Å². The number of ketones is 1. The van der Waals surface area contributed by atoms with Gasteiger partial charge in [-0.1, -0.05) is 0 Å². The minimum absolute atomic E-state index is 0.0475. The average Bonchev–Trinajstić information content (AvgIpc) is 2.38. The van der Waals surface area contributed by atoms with Crippen molar-refractivity contribution in [1.29, 1.82) is 0 Å².